The van der Waals surface area contributed by atoms with Gasteiger partial charge in [0.25, 0.3) is 0 Å². The highest BCUT2D eigenvalue weighted by Crippen LogP contribution is 2.45. The molecule has 0 amide bonds. The molecule has 24 aromatic rings. The van der Waals surface area contributed by atoms with E-state index in [0.29, 0.717) is 22.8 Å². The number of aromatic nitrogens is 7. The van der Waals surface area contributed by atoms with Gasteiger partial charge in [0.15, 0.2) is 22.8 Å². The molecule has 0 bridgehead atoms. The minimum atomic E-state index is 0.669. The fourth-order valence-corrected chi connectivity index (χ4v) is 17.6. The summed E-state index contributed by atoms with van der Waals surface area (Å²) in [4.78, 5) is 20.6. The standard InChI is InChI=1S/C52H32N4O.C52H31N3O/c1-3-15-33(16-4-1)49-51-50(54-52(53-49)34-17-5-2-6-18-34)43-28-27-35(31-48(43)57-51)36-29-37(55-44-23-11-7-19-39(44)40-20-8-12-24-45(40)55)32-38(30-36)56-46-25-13-9-21-41(46)42-22-10-14-26-47(42)56;1-2-13-32(14-3-1)52-53-49(35-26-27-41-39-19-5-4-17-37(39)38-18-6-7-20-40(38)45(41)30-35)51-50(54-52)44-28-25-34(31-48(44)56-51)33-15-12-16-36(29-33)55-46-23-10-8-21-42(46)43-22-9-11-24-47(43)55/h1-32H;1-31H. The number of fused-ring (bicyclic) bond motifs is 21. The van der Waals surface area contributed by atoms with Crippen molar-refractivity contribution in [2.45, 2.75) is 0 Å². The summed E-state index contributed by atoms with van der Waals surface area (Å²) in [6.07, 6.45) is 0. The minimum absolute atomic E-state index is 0.669. The van der Waals surface area contributed by atoms with Gasteiger partial charge in [-0.25, -0.2) is 19.9 Å². The normalized spacial score (nSPS) is 11.9. The maximum Gasteiger partial charge on any atom is 0.180 e. The molecule has 24 rings (SSSR count). The maximum atomic E-state index is 6.85. The first kappa shape index (κ1) is 63.7. The molecule has 0 aliphatic rings. The Hall–Kier alpha value is -15.3. The first-order valence-electron chi connectivity index (χ1n) is 38.2. The van der Waals surface area contributed by atoms with Crippen molar-refractivity contribution in [1.82, 2.24) is 33.6 Å². The van der Waals surface area contributed by atoms with Crippen LogP contribution in [0.2, 0.25) is 0 Å². The van der Waals surface area contributed by atoms with Crippen molar-refractivity contribution in [3.63, 3.8) is 0 Å². The molecule has 7 heterocycles. The Kier molecular flexibility index (Phi) is 14.5. The van der Waals surface area contributed by atoms with Crippen molar-refractivity contribution in [3.8, 4) is 84.6 Å². The molecule has 7 aromatic heterocycles. The van der Waals surface area contributed by atoms with Gasteiger partial charge in [-0.1, -0.05) is 285 Å². The summed E-state index contributed by atoms with van der Waals surface area (Å²) in [5.41, 5.74) is 24.6. The van der Waals surface area contributed by atoms with E-state index >= 15 is 0 Å². The summed E-state index contributed by atoms with van der Waals surface area (Å²) in [7, 11) is 0. The molecule has 0 saturated heterocycles. The molecule has 526 valence electrons. The fourth-order valence-electron chi connectivity index (χ4n) is 17.6. The van der Waals surface area contributed by atoms with Crippen LogP contribution in [0.3, 0.4) is 0 Å². The number of benzene rings is 17. The van der Waals surface area contributed by atoms with Crippen LogP contribution in [0, 0.1) is 0 Å². The van der Waals surface area contributed by atoms with Crippen molar-refractivity contribution in [3.05, 3.63) is 382 Å². The van der Waals surface area contributed by atoms with Gasteiger partial charge in [0.2, 0.25) is 0 Å². The van der Waals surface area contributed by atoms with E-state index in [2.05, 4.69) is 341 Å². The number of rotatable bonds is 9. The zero-order chi connectivity index (χ0) is 74.2. The van der Waals surface area contributed by atoms with Gasteiger partial charge < -0.3 is 22.5 Å². The Morgan fingerprint density at radius 1 is 0.177 bits per heavy atom. The Morgan fingerprint density at radius 2 is 0.478 bits per heavy atom. The summed E-state index contributed by atoms with van der Waals surface area (Å²) in [6, 6.07) is 135. The lowest BCUT2D eigenvalue weighted by Gasteiger charge is -2.16. The highest BCUT2D eigenvalue weighted by Gasteiger charge is 2.25. The maximum absolute atomic E-state index is 6.85. The van der Waals surface area contributed by atoms with Crippen LogP contribution in [0.15, 0.2) is 391 Å². The number of nitrogens with zero attached hydrogens (tertiary/aromatic N) is 7. The van der Waals surface area contributed by atoms with E-state index in [0.717, 1.165) is 128 Å². The van der Waals surface area contributed by atoms with Gasteiger partial charge in [-0.3, -0.25) is 0 Å². The van der Waals surface area contributed by atoms with Gasteiger partial charge in [-0.05, 0) is 152 Å². The minimum Gasteiger partial charge on any atom is -0.452 e. The first-order valence-corrected chi connectivity index (χ1v) is 38.2. The fraction of sp³-hybridized carbons (Fsp3) is 0. The predicted molar refractivity (Wildman–Crippen MR) is 467 cm³/mol. The summed E-state index contributed by atoms with van der Waals surface area (Å²) in [6.45, 7) is 0. The average molecular weight is 1440 g/mol. The van der Waals surface area contributed by atoms with Gasteiger partial charge in [-0.2, -0.15) is 0 Å². The zero-order valence-corrected chi connectivity index (χ0v) is 60.8. The molecule has 0 unspecified atom stereocenters. The van der Waals surface area contributed by atoms with E-state index in [1.54, 1.807) is 0 Å². The van der Waals surface area contributed by atoms with Crippen molar-refractivity contribution in [1.29, 1.82) is 0 Å². The molecular weight excluding hydrogens is 1380 g/mol. The van der Waals surface area contributed by atoms with Crippen LogP contribution < -0.4 is 0 Å². The second kappa shape index (κ2) is 25.7. The molecule has 0 radical (unpaired) electrons. The molecule has 113 heavy (non-hydrogen) atoms. The Labute approximate surface area is 647 Å². The van der Waals surface area contributed by atoms with Gasteiger partial charge in [-0.15, -0.1) is 0 Å². The second-order valence-corrected chi connectivity index (χ2v) is 29.1. The Balaban J connectivity index is 0.000000134. The van der Waals surface area contributed by atoms with Crippen molar-refractivity contribution < 1.29 is 8.83 Å². The van der Waals surface area contributed by atoms with Crippen LogP contribution in [0.1, 0.15) is 0 Å². The largest absolute Gasteiger partial charge is 0.452 e. The van der Waals surface area contributed by atoms with Gasteiger partial charge >= 0.3 is 0 Å². The first-order chi connectivity index (χ1) is 56.0. The molecule has 0 aliphatic heterocycles. The van der Waals surface area contributed by atoms with Crippen molar-refractivity contribution in [2.75, 3.05) is 0 Å². The van der Waals surface area contributed by atoms with E-state index in [4.69, 9.17) is 28.8 Å². The van der Waals surface area contributed by atoms with E-state index < -0.39 is 0 Å². The van der Waals surface area contributed by atoms with Crippen LogP contribution in [0.4, 0.5) is 0 Å². The number of para-hydroxylation sites is 6. The number of hydrogen-bond donors (Lipinski definition) is 0. The lowest BCUT2D eigenvalue weighted by Crippen LogP contribution is -2.00. The third kappa shape index (κ3) is 10.3. The molecule has 17 aromatic carbocycles. The quantitative estimate of drug-likeness (QED) is 0.134. The van der Waals surface area contributed by atoms with E-state index in [9.17, 15) is 0 Å². The predicted octanol–water partition coefficient (Wildman–Crippen LogP) is 27.5. The van der Waals surface area contributed by atoms with Crippen molar-refractivity contribution >= 4 is 142 Å². The molecular formula is C104H63N7O2. The third-order valence-electron chi connectivity index (χ3n) is 22.7. The highest BCUT2D eigenvalue weighted by atomic mass is 16.3. The summed E-state index contributed by atoms with van der Waals surface area (Å²) in [5, 5.41) is 16.7. The molecule has 0 saturated carbocycles. The SMILES string of the molecule is c1ccc(-c2nc(-c3ccc4c5ccccc5c5ccccc5c4c3)c3oc4cc(-c5cccc(-n6c7ccccc7c7ccccc76)c5)ccc4c3n2)cc1.c1ccc(-c2nc(-c3ccccc3)c3oc4cc(-c5cc(-n6c7ccccc7c7ccccc76)cc(-n6c7ccccc7c7ccccc76)c5)ccc4c3n2)cc1. The molecule has 0 atom stereocenters. The van der Waals surface area contributed by atoms with Gasteiger partial charge in [0.05, 0.1) is 33.1 Å². The smallest absolute Gasteiger partial charge is 0.180 e. The number of furan rings is 2. The van der Waals surface area contributed by atoms with Crippen LogP contribution in [0.5, 0.6) is 0 Å². The molecule has 0 aliphatic carbocycles. The monoisotopic (exact) mass is 1440 g/mol. The number of hydrogen-bond acceptors (Lipinski definition) is 6. The highest BCUT2D eigenvalue weighted by molar-refractivity contribution is 6.26. The topological polar surface area (TPSA) is 92.6 Å². The average Bonchev–Trinajstić information content (AvgIpc) is 1.06. The zero-order valence-electron chi connectivity index (χ0n) is 60.8. The van der Waals surface area contributed by atoms with E-state index in [1.807, 2.05) is 54.6 Å². The lowest BCUT2D eigenvalue weighted by molar-refractivity contribution is 0.667. The lowest BCUT2D eigenvalue weighted by atomic mass is 9.93. The van der Waals surface area contributed by atoms with Crippen LogP contribution >= 0.6 is 0 Å². The summed E-state index contributed by atoms with van der Waals surface area (Å²) >= 11 is 0. The Morgan fingerprint density at radius 3 is 0.903 bits per heavy atom. The van der Waals surface area contributed by atoms with Gasteiger partial charge in [0, 0.05) is 82.4 Å². The molecule has 9 nitrogen and oxygen atoms in total. The van der Waals surface area contributed by atoms with E-state index in [-0.39, 0.29) is 0 Å². The second-order valence-electron chi connectivity index (χ2n) is 29.1. The van der Waals surface area contributed by atoms with E-state index in [1.165, 1.54) is 75.7 Å². The van der Waals surface area contributed by atoms with Crippen molar-refractivity contribution in [2.24, 2.45) is 0 Å². The van der Waals surface area contributed by atoms with Crippen LogP contribution in [0.25, 0.3) is 226 Å². The van der Waals surface area contributed by atoms with Crippen LogP contribution in [-0.2, 0) is 0 Å². The summed E-state index contributed by atoms with van der Waals surface area (Å²) in [5.74, 6) is 1.34. The molecule has 0 N–H and O–H groups in total. The molecule has 0 spiro atoms. The summed E-state index contributed by atoms with van der Waals surface area (Å²) < 4.78 is 20.8. The van der Waals surface area contributed by atoms with Gasteiger partial charge in [0.1, 0.15) is 33.6 Å². The Bertz CT molecular complexity index is 7680. The molecule has 9 heteroatoms. The molecule has 0 fully saturated rings. The van der Waals surface area contributed by atoms with Crippen LogP contribution in [-0.4, -0.2) is 33.6 Å². The third-order valence-corrected chi connectivity index (χ3v) is 22.7.